The average molecular weight is 446 g/mol. The predicted molar refractivity (Wildman–Crippen MR) is 125 cm³/mol. The number of carbonyl (C=O) groups excluding carboxylic acids is 3. The van der Waals surface area contributed by atoms with Crippen molar-refractivity contribution in [3.05, 3.63) is 35.4 Å². The molecule has 2 N–H and O–H groups in total. The van der Waals surface area contributed by atoms with Crippen molar-refractivity contribution < 1.29 is 14.4 Å². The van der Waals surface area contributed by atoms with Crippen molar-refractivity contribution in [3.63, 3.8) is 0 Å². The van der Waals surface area contributed by atoms with Crippen LogP contribution in [-0.4, -0.2) is 46.0 Å². The molecule has 6 nitrogen and oxygen atoms in total. The fourth-order valence-corrected chi connectivity index (χ4v) is 5.95. The SMILES string of the molecule is CC(C)CCNC(=O)[C@H](CC(C)C)NC(=O)[C@@H]1N2C(=O)c3ccccc3[C@H]2SC1(C)C. The van der Waals surface area contributed by atoms with Crippen molar-refractivity contribution in [3.8, 4) is 0 Å². The van der Waals surface area contributed by atoms with E-state index in [0.29, 0.717) is 24.4 Å². The lowest BCUT2D eigenvalue weighted by Gasteiger charge is -2.31. The molecular weight excluding hydrogens is 410 g/mol. The van der Waals surface area contributed by atoms with Crippen molar-refractivity contribution in [1.82, 2.24) is 15.5 Å². The van der Waals surface area contributed by atoms with Crippen molar-refractivity contribution in [1.29, 1.82) is 0 Å². The van der Waals surface area contributed by atoms with E-state index < -0.39 is 16.8 Å². The Hall–Kier alpha value is -2.02. The summed E-state index contributed by atoms with van der Waals surface area (Å²) in [5.41, 5.74) is 1.63. The van der Waals surface area contributed by atoms with E-state index in [1.165, 1.54) is 0 Å². The Kier molecular flexibility index (Phi) is 7.04. The second-order valence-electron chi connectivity index (χ2n) is 9.94. The number of hydrogen-bond donors (Lipinski definition) is 2. The first-order chi connectivity index (χ1) is 14.5. The summed E-state index contributed by atoms with van der Waals surface area (Å²) in [5, 5.41) is 5.78. The second-order valence-corrected chi connectivity index (χ2v) is 11.7. The topological polar surface area (TPSA) is 78.5 Å². The van der Waals surface area contributed by atoms with Crippen LogP contribution in [0.1, 0.15) is 75.7 Å². The van der Waals surface area contributed by atoms with Crippen LogP contribution in [0.15, 0.2) is 24.3 Å². The number of amides is 3. The lowest BCUT2D eigenvalue weighted by molar-refractivity contribution is -0.132. The number of nitrogens with one attached hydrogen (secondary N) is 2. The summed E-state index contributed by atoms with van der Waals surface area (Å²) in [6, 6.07) is 6.31. The van der Waals surface area contributed by atoms with Gasteiger partial charge in [0.2, 0.25) is 11.8 Å². The van der Waals surface area contributed by atoms with Crippen LogP contribution >= 0.6 is 11.8 Å². The highest BCUT2D eigenvalue weighted by molar-refractivity contribution is 8.01. The van der Waals surface area contributed by atoms with Gasteiger partial charge in [-0.15, -0.1) is 11.8 Å². The fourth-order valence-electron chi connectivity index (χ4n) is 4.37. The molecule has 2 heterocycles. The normalized spacial score (nSPS) is 22.5. The maximum Gasteiger partial charge on any atom is 0.256 e. The van der Waals surface area contributed by atoms with Gasteiger partial charge in [-0.2, -0.15) is 0 Å². The molecule has 2 aliphatic heterocycles. The quantitative estimate of drug-likeness (QED) is 0.639. The molecule has 3 amide bonds. The molecule has 2 aliphatic rings. The Morgan fingerprint density at radius 2 is 1.81 bits per heavy atom. The van der Waals surface area contributed by atoms with Gasteiger partial charge in [-0.25, -0.2) is 0 Å². The van der Waals surface area contributed by atoms with Crippen molar-refractivity contribution in [2.75, 3.05) is 6.54 Å². The monoisotopic (exact) mass is 445 g/mol. The van der Waals surface area contributed by atoms with Crippen molar-refractivity contribution in [2.45, 2.75) is 76.6 Å². The van der Waals surface area contributed by atoms with Crippen LogP contribution in [0.25, 0.3) is 0 Å². The first-order valence-corrected chi connectivity index (χ1v) is 12.1. The maximum atomic E-state index is 13.5. The van der Waals surface area contributed by atoms with Crippen LogP contribution in [0.5, 0.6) is 0 Å². The van der Waals surface area contributed by atoms with Gasteiger partial charge in [0.1, 0.15) is 17.5 Å². The number of fused-ring (bicyclic) bond motifs is 3. The third-order valence-electron chi connectivity index (χ3n) is 5.91. The molecule has 1 fully saturated rings. The summed E-state index contributed by atoms with van der Waals surface area (Å²) in [6.07, 6.45) is 1.44. The first-order valence-electron chi connectivity index (χ1n) is 11.2. The van der Waals surface area contributed by atoms with Gasteiger partial charge in [0, 0.05) is 16.9 Å². The Labute approximate surface area is 189 Å². The molecular formula is C24H35N3O3S. The van der Waals surface area contributed by atoms with Gasteiger partial charge in [0.25, 0.3) is 5.91 Å². The van der Waals surface area contributed by atoms with Crippen LogP contribution in [-0.2, 0) is 9.59 Å². The number of rotatable bonds is 8. The third kappa shape index (κ3) is 4.92. The van der Waals surface area contributed by atoms with Gasteiger partial charge in [-0.1, -0.05) is 45.9 Å². The number of hydrogen-bond acceptors (Lipinski definition) is 4. The van der Waals surface area contributed by atoms with E-state index in [1.807, 2.05) is 52.0 Å². The zero-order valence-corrected chi connectivity index (χ0v) is 20.2. The molecule has 3 rings (SSSR count). The molecule has 0 aromatic heterocycles. The Morgan fingerprint density at radius 3 is 2.45 bits per heavy atom. The standard InChI is InChI=1S/C24H35N3O3S/c1-14(2)11-12-25-20(28)18(13-15(3)4)26-21(29)19-24(5,6)31-23-17-10-8-7-9-16(17)22(30)27(19)23/h7-10,14-15,18-19,23H,11-13H2,1-6H3,(H,25,28)(H,26,29)/t18-,19-,23+/m0/s1. The molecule has 1 aromatic carbocycles. The minimum Gasteiger partial charge on any atom is -0.354 e. The summed E-state index contributed by atoms with van der Waals surface area (Å²) in [4.78, 5) is 41.2. The van der Waals surface area contributed by atoms with Gasteiger partial charge in [0.05, 0.1) is 0 Å². The van der Waals surface area contributed by atoms with Gasteiger partial charge in [0.15, 0.2) is 0 Å². The Bertz CT molecular complexity index is 852. The lowest BCUT2D eigenvalue weighted by Crippen LogP contribution is -2.57. The van der Waals surface area contributed by atoms with Gasteiger partial charge < -0.3 is 15.5 Å². The lowest BCUT2D eigenvalue weighted by atomic mass is 9.98. The van der Waals surface area contributed by atoms with Crippen LogP contribution in [0.3, 0.4) is 0 Å². The summed E-state index contributed by atoms with van der Waals surface area (Å²) in [5.74, 6) is 0.220. The van der Waals surface area contributed by atoms with Gasteiger partial charge in [-0.05, 0) is 50.2 Å². The van der Waals surface area contributed by atoms with E-state index in [0.717, 1.165) is 12.0 Å². The van der Waals surface area contributed by atoms with E-state index in [2.05, 4.69) is 24.5 Å². The van der Waals surface area contributed by atoms with Gasteiger partial charge in [-0.3, -0.25) is 14.4 Å². The second kappa shape index (κ2) is 9.23. The molecule has 0 saturated carbocycles. The zero-order valence-electron chi connectivity index (χ0n) is 19.4. The van der Waals surface area contributed by atoms with Gasteiger partial charge >= 0.3 is 0 Å². The molecule has 0 radical (unpaired) electrons. The van der Waals surface area contributed by atoms with Crippen LogP contribution in [0, 0.1) is 11.8 Å². The summed E-state index contributed by atoms with van der Waals surface area (Å²) in [7, 11) is 0. The fraction of sp³-hybridized carbons (Fsp3) is 0.625. The highest BCUT2D eigenvalue weighted by atomic mass is 32.2. The summed E-state index contributed by atoms with van der Waals surface area (Å²) in [6.45, 7) is 12.9. The first kappa shape index (κ1) is 23.6. The molecule has 1 saturated heterocycles. The third-order valence-corrected chi connectivity index (χ3v) is 7.44. The highest BCUT2D eigenvalue weighted by Crippen LogP contribution is 2.56. The molecule has 0 unspecified atom stereocenters. The predicted octanol–water partition coefficient (Wildman–Crippen LogP) is 3.73. The molecule has 1 aromatic rings. The number of carbonyl (C=O) groups is 3. The molecule has 31 heavy (non-hydrogen) atoms. The molecule has 0 spiro atoms. The molecule has 7 heteroatoms. The highest BCUT2D eigenvalue weighted by Gasteiger charge is 2.57. The largest absolute Gasteiger partial charge is 0.354 e. The molecule has 0 bridgehead atoms. The molecule has 3 atom stereocenters. The van der Waals surface area contributed by atoms with E-state index >= 15 is 0 Å². The van der Waals surface area contributed by atoms with E-state index in [1.54, 1.807) is 16.7 Å². The van der Waals surface area contributed by atoms with Crippen molar-refractivity contribution >= 4 is 29.5 Å². The minimum absolute atomic E-state index is 0.111. The van der Waals surface area contributed by atoms with E-state index in [4.69, 9.17) is 0 Å². The Morgan fingerprint density at radius 1 is 1.13 bits per heavy atom. The number of thioether (sulfide) groups is 1. The number of benzene rings is 1. The average Bonchev–Trinajstić information content (AvgIpc) is 3.10. The number of nitrogens with zero attached hydrogens (tertiary/aromatic N) is 1. The van der Waals surface area contributed by atoms with E-state index in [9.17, 15) is 14.4 Å². The minimum atomic E-state index is -0.638. The van der Waals surface area contributed by atoms with Crippen LogP contribution in [0.2, 0.25) is 0 Å². The van der Waals surface area contributed by atoms with Crippen molar-refractivity contribution in [2.24, 2.45) is 11.8 Å². The maximum absolute atomic E-state index is 13.5. The smallest absolute Gasteiger partial charge is 0.256 e. The van der Waals surface area contributed by atoms with Crippen LogP contribution in [0.4, 0.5) is 0 Å². The van der Waals surface area contributed by atoms with E-state index in [-0.39, 0.29) is 29.0 Å². The van der Waals surface area contributed by atoms with Crippen LogP contribution < -0.4 is 10.6 Å². The molecule has 0 aliphatic carbocycles. The summed E-state index contributed by atoms with van der Waals surface area (Å²) >= 11 is 1.63. The zero-order chi connectivity index (χ0) is 22.9. The molecule has 170 valence electrons. The summed E-state index contributed by atoms with van der Waals surface area (Å²) < 4.78 is -0.464. The Balaban J connectivity index is 1.78.